The largest absolute Gasteiger partial charge is 0.494 e. The van der Waals surface area contributed by atoms with Crippen LogP contribution in [0, 0.1) is 5.82 Å². The average molecular weight is 461 g/mol. The SMILES string of the molecule is COc1ccc(Cc2nc3c(c4c2[nH]c2ccccc24)CCN(CC(=O)NC(C)C)C3)cc1F. The molecule has 4 aromatic rings. The van der Waals surface area contributed by atoms with E-state index in [1.807, 2.05) is 32.0 Å². The number of hydrogen-bond acceptors (Lipinski definition) is 4. The van der Waals surface area contributed by atoms with E-state index >= 15 is 0 Å². The Labute approximate surface area is 198 Å². The Morgan fingerprint density at radius 1 is 1.26 bits per heavy atom. The number of halogens is 1. The van der Waals surface area contributed by atoms with Gasteiger partial charge in [0.25, 0.3) is 0 Å². The highest BCUT2D eigenvalue weighted by atomic mass is 19.1. The van der Waals surface area contributed by atoms with Crippen molar-refractivity contribution in [3.05, 3.63) is 70.8 Å². The summed E-state index contributed by atoms with van der Waals surface area (Å²) in [5.41, 5.74) is 6.00. The average Bonchev–Trinajstić information content (AvgIpc) is 3.19. The second kappa shape index (κ2) is 9.06. The molecule has 5 rings (SSSR count). The zero-order chi connectivity index (χ0) is 23.8. The number of nitrogens with zero attached hydrogens (tertiary/aromatic N) is 2. The van der Waals surface area contributed by atoms with Gasteiger partial charge in [-0.1, -0.05) is 24.3 Å². The number of aromatic amines is 1. The number of methoxy groups -OCH3 is 1. The summed E-state index contributed by atoms with van der Waals surface area (Å²) in [6.45, 7) is 5.70. The number of pyridine rings is 1. The van der Waals surface area contributed by atoms with Crippen molar-refractivity contribution in [2.24, 2.45) is 0 Å². The molecule has 0 fully saturated rings. The van der Waals surface area contributed by atoms with Gasteiger partial charge in [0, 0.05) is 41.8 Å². The summed E-state index contributed by atoms with van der Waals surface area (Å²) < 4.78 is 19.4. The number of H-pyrrole nitrogens is 1. The van der Waals surface area contributed by atoms with E-state index in [0.29, 0.717) is 19.5 Å². The monoisotopic (exact) mass is 460 g/mol. The molecule has 1 amide bonds. The minimum absolute atomic E-state index is 0.0283. The number of fused-ring (bicyclic) bond motifs is 5. The molecule has 34 heavy (non-hydrogen) atoms. The van der Waals surface area contributed by atoms with Crippen LogP contribution < -0.4 is 10.1 Å². The first-order valence-corrected chi connectivity index (χ1v) is 11.7. The Balaban J connectivity index is 1.56. The molecule has 2 aromatic heterocycles. The van der Waals surface area contributed by atoms with E-state index in [1.54, 1.807) is 6.07 Å². The fourth-order valence-electron chi connectivity index (χ4n) is 4.91. The van der Waals surface area contributed by atoms with Crippen molar-refractivity contribution in [3.63, 3.8) is 0 Å². The van der Waals surface area contributed by atoms with E-state index in [1.165, 1.54) is 29.5 Å². The van der Waals surface area contributed by atoms with Crippen molar-refractivity contribution < 1.29 is 13.9 Å². The smallest absolute Gasteiger partial charge is 0.234 e. The third-order valence-corrected chi connectivity index (χ3v) is 6.37. The molecule has 176 valence electrons. The standard InChI is InChI=1S/C27H29FN4O2/c1-16(2)29-25(33)15-32-11-10-19-23(14-32)30-22(13-17-8-9-24(34-3)20(28)12-17)27-26(19)18-6-4-5-7-21(18)31-27/h4-9,12,16,31H,10-11,13-15H2,1-3H3,(H,29,33). The van der Waals surface area contributed by atoms with Crippen molar-refractivity contribution >= 4 is 27.7 Å². The van der Waals surface area contributed by atoms with Gasteiger partial charge in [-0.3, -0.25) is 14.7 Å². The number of carbonyl (C=O) groups excluding carboxylic acids is 1. The molecule has 7 heteroatoms. The third-order valence-electron chi connectivity index (χ3n) is 6.37. The summed E-state index contributed by atoms with van der Waals surface area (Å²) >= 11 is 0. The van der Waals surface area contributed by atoms with E-state index in [0.717, 1.165) is 41.0 Å². The van der Waals surface area contributed by atoms with Crippen LogP contribution in [0.25, 0.3) is 21.8 Å². The van der Waals surface area contributed by atoms with Gasteiger partial charge in [0.1, 0.15) is 0 Å². The number of aromatic nitrogens is 2. The maximum Gasteiger partial charge on any atom is 0.234 e. The zero-order valence-electron chi connectivity index (χ0n) is 19.7. The van der Waals surface area contributed by atoms with Crippen molar-refractivity contribution in [2.45, 2.75) is 39.3 Å². The van der Waals surface area contributed by atoms with Crippen LogP contribution in [-0.2, 0) is 24.2 Å². The molecular formula is C27H29FN4O2. The number of hydrogen-bond donors (Lipinski definition) is 2. The molecule has 0 saturated carbocycles. The summed E-state index contributed by atoms with van der Waals surface area (Å²) in [4.78, 5) is 23.1. The van der Waals surface area contributed by atoms with Gasteiger partial charge in [-0.25, -0.2) is 4.39 Å². The molecule has 0 bridgehead atoms. The second-order valence-corrected chi connectivity index (χ2v) is 9.23. The molecule has 2 N–H and O–H groups in total. The predicted molar refractivity (Wildman–Crippen MR) is 132 cm³/mol. The quantitative estimate of drug-likeness (QED) is 0.449. The lowest BCUT2D eigenvalue weighted by Crippen LogP contribution is -2.42. The first-order chi connectivity index (χ1) is 16.4. The molecule has 0 atom stereocenters. The lowest BCUT2D eigenvalue weighted by atomic mass is 9.96. The van der Waals surface area contributed by atoms with Crippen LogP contribution in [0.5, 0.6) is 5.75 Å². The first-order valence-electron chi connectivity index (χ1n) is 11.7. The van der Waals surface area contributed by atoms with Crippen LogP contribution >= 0.6 is 0 Å². The maximum atomic E-state index is 14.4. The number of carbonyl (C=O) groups is 1. The minimum atomic E-state index is -0.381. The van der Waals surface area contributed by atoms with Crippen LogP contribution in [0.3, 0.4) is 0 Å². The number of benzene rings is 2. The number of amides is 1. The van der Waals surface area contributed by atoms with Gasteiger partial charge in [-0.05, 0) is 49.6 Å². The molecule has 0 spiro atoms. The van der Waals surface area contributed by atoms with Gasteiger partial charge in [0.15, 0.2) is 11.6 Å². The van der Waals surface area contributed by atoms with Crippen LogP contribution in [0.2, 0.25) is 0 Å². The number of para-hydroxylation sites is 1. The number of rotatable bonds is 6. The van der Waals surface area contributed by atoms with E-state index in [4.69, 9.17) is 9.72 Å². The topological polar surface area (TPSA) is 70.2 Å². The molecule has 0 saturated heterocycles. The summed E-state index contributed by atoms with van der Waals surface area (Å²) in [7, 11) is 1.46. The van der Waals surface area contributed by atoms with Crippen molar-refractivity contribution in [2.75, 3.05) is 20.2 Å². The Morgan fingerprint density at radius 3 is 2.85 bits per heavy atom. The molecule has 6 nitrogen and oxygen atoms in total. The first kappa shape index (κ1) is 22.3. The van der Waals surface area contributed by atoms with Crippen molar-refractivity contribution in [1.82, 2.24) is 20.2 Å². The molecule has 0 unspecified atom stereocenters. The van der Waals surface area contributed by atoms with Crippen LogP contribution in [0.1, 0.15) is 36.4 Å². The summed E-state index contributed by atoms with van der Waals surface area (Å²) in [5.74, 6) is -0.123. The minimum Gasteiger partial charge on any atom is -0.494 e. The van der Waals surface area contributed by atoms with Gasteiger partial charge in [-0.2, -0.15) is 0 Å². The highest BCUT2D eigenvalue weighted by molar-refractivity contribution is 6.10. The number of nitrogens with one attached hydrogen (secondary N) is 2. The second-order valence-electron chi connectivity index (χ2n) is 9.23. The highest BCUT2D eigenvalue weighted by Gasteiger charge is 2.25. The lowest BCUT2D eigenvalue weighted by molar-refractivity contribution is -0.122. The van der Waals surface area contributed by atoms with Gasteiger partial charge < -0.3 is 15.0 Å². The van der Waals surface area contributed by atoms with Crippen molar-refractivity contribution in [3.8, 4) is 5.75 Å². The fourth-order valence-corrected chi connectivity index (χ4v) is 4.91. The lowest BCUT2D eigenvalue weighted by Gasteiger charge is -2.29. The van der Waals surface area contributed by atoms with E-state index in [2.05, 4.69) is 27.3 Å². The van der Waals surface area contributed by atoms with Crippen LogP contribution in [-0.4, -0.2) is 47.0 Å². The summed E-state index contributed by atoms with van der Waals surface area (Å²) in [6, 6.07) is 13.4. The molecule has 0 aliphatic carbocycles. The Morgan fingerprint density at radius 2 is 2.09 bits per heavy atom. The third kappa shape index (κ3) is 4.23. The Kier molecular flexibility index (Phi) is 5.96. The van der Waals surface area contributed by atoms with E-state index in [-0.39, 0.29) is 23.5 Å². The van der Waals surface area contributed by atoms with Crippen LogP contribution in [0.15, 0.2) is 42.5 Å². The number of ether oxygens (including phenoxy) is 1. The van der Waals surface area contributed by atoms with Crippen molar-refractivity contribution in [1.29, 1.82) is 0 Å². The molecular weight excluding hydrogens is 431 g/mol. The van der Waals surface area contributed by atoms with E-state index < -0.39 is 0 Å². The predicted octanol–water partition coefficient (Wildman–Crippen LogP) is 4.34. The maximum absolute atomic E-state index is 14.4. The Bertz CT molecular complexity index is 1380. The summed E-state index contributed by atoms with van der Waals surface area (Å²) in [6.07, 6.45) is 1.32. The van der Waals surface area contributed by atoms with Gasteiger partial charge in [-0.15, -0.1) is 0 Å². The normalized spacial score (nSPS) is 14.0. The molecule has 1 aliphatic heterocycles. The van der Waals surface area contributed by atoms with E-state index in [9.17, 15) is 9.18 Å². The van der Waals surface area contributed by atoms with Crippen LogP contribution in [0.4, 0.5) is 4.39 Å². The molecule has 0 radical (unpaired) electrons. The van der Waals surface area contributed by atoms with Gasteiger partial charge in [0.2, 0.25) is 5.91 Å². The Hall–Kier alpha value is -3.45. The summed E-state index contributed by atoms with van der Waals surface area (Å²) in [5, 5.41) is 5.33. The van der Waals surface area contributed by atoms with Gasteiger partial charge >= 0.3 is 0 Å². The highest BCUT2D eigenvalue weighted by Crippen LogP contribution is 2.35. The van der Waals surface area contributed by atoms with Gasteiger partial charge in [0.05, 0.1) is 30.6 Å². The molecule has 3 heterocycles. The fraction of sp³-hybridized carbons (Fsp3) is 0.333. The molecule has 1 aliphatic rings. The zero-order valence-corrected chi connectivity index (χ0v) is 19.7. The molecule has 2 aromatic carbocycles.